The van der Waals surface area contributed by atoms with Crippen LogP contribution in [0.1, 0.15) is 25.7 Å². The van der Waals surface area contributed by atoms with Crippen molar-refractivity contribution >= 4 is 0 Å². The second-order valence-electron chi connectivity index (χ2n) is 3.80. The van der Waals surface area contributed by atoms with Crippen LogP contribution in [0.2, 0.25) is 0 Å². The number of aliphatic hydroxyl groups is 1. The Hall–Kier alpha value is -0.180. The van der Waals surface area contributed by atoms with E-state index in [0.29, 0.717) is 6.42 Å². The number of hydrogen-bond acceptors (Lipinski definition) is 1. The van der Waals surface area contributed by atoms with Crippen molar-refractivity contribution in [2.75, 3.05) is 0 Å². The van der Waals surface area contributed by atoms with E-state index in [1.807, 2.05) is 0 Å². The van der Waals surface area contributed by atoms with E-state index in [2.05, 4.69) is 0 Å². The Labute approximate surface area is 64.4 Å². The third kappa shape index (κ3) is 1.26. The van der Waals surface area contributed by atoms with E-state index in [0.717, 1.165) is 12.8 Å². The summed E-state index contributed by atoms with van der Waals surface area (Å²) in [5.41, 5.74) is 0. The summed E-state index contributed by atoms with van der Waals surface area (Å²) in [4.78, 5) is 0. The molecule has 0 amide bonds. The lowest BCUT2D eigenvalue weighted by Gasteiger charge is -2.32. The Bertz CT molecular complexity index is 169. The summed E-state index contributed by atoms with van der Waals surface area (Å²) < 4.78 is 24.7. The van der Waals surface area contributed by atoms with Crippen molar-refractivity contribution in [2.24, 2.45) is 11.8 Å². The molecule has 0 heterocycles. The zero-order valence-electron chi connectivity index (χ0n) is 6.26. The van der Waals surface area contributed by atoms with E-state index in [9.17, 15) is 8.78 Å². The van der Waals surface area contributed by atoms with Gasteiger partial charge in [0.2, 0.25) is 0 Å². The third-order valence-electron chi connectivity index (χ3n) is 2.92. The fourth-order valence-corrected chi connectivity index (χ4v) is 1.72. The zero-order chi connectivity index (χ0) is 8.06. The van der Waals surface area contributed by atoms with E-state index in [1.54, 1.807) is 0 Å². The monoisotopic (exact) mass is 162 g/mol. The number of aliphatic hydroxyl groups excluding tert-OH is 1. The largest absolute Gasteiger partial charge is 0.393 e. The molecule has 0 aromatic heterocycles. The second-order valence-corrected chi connectivity index (χ2v) is 3.80. The minimum absolute atomic E-state index is 0.0518. The van der Waals surface area contributed by atoms with Crippen LogP contribution in [0.4, 0.5) is 8.78 Å². The normalized spacial score (nSPS) is 46.6. The molecule has 0 aromatic rings. The van der Waals surface area contributed by atoms with Gasteiger partial charge in [0.05, 0.1) is 6.10 Å². The summed E-state index contributed by atoms with van der Waals surface area (Å²) in [6, 6.07) is 0. The van der Waals surface area contributed by atoms with Crippen LogP contribution in [0.5, 0.6) is 0 Å². The Kier molecular flexibility index (Phi) is 1.46. The molecule has 2 fully saturated rings. The molecule has 0 radical (unpaired) electrons. The standard InChI is InChI=1S/C8H12F2O/c9-8(10)4-6(8)3-5-1-2-7(5)11/h5-7,11H,1-4H2. The lowest BCUT2D eigenvalue weighted by atomic mass is 9.78. The van der Waals surface area contributed by atoms with Gasteiger partial charge in [-0.25, -0.2) is 8.78 Å². The number of alkyl halides is 2. The highest BCUT2D eigenvalue weighted by atomic mass is 19.3. The molecule has 2 saturated carbocycles. The summed E-state index contributed by atoms with van der Waals surface area (Å²) >= 11 is 0. The molecular formula is C8H12F2O. The molecule has 64 valence electrons. The van der Waals surface area contributed by atoms with Gasteiger partial charge in [0.1, 0.15) is 0 Å². The van der Waals surface area contributed by atoms with Crippen molar-refractivity contribution in [3.63, 3.8) is 0 Å². The lowest BCUT2D eigenvalue weighted by molar-refractivity contribution is 0.00607. The Morgan fingerprint density at radius 1 is 1.36 bits per heavy atom. The molecule has 2 aliphatic carbocycles. The van der Waals surface area contributed by atoms with Gasteiger partial charge >= 0.3 is 0 Å². The first-order chi connectivity index (χ1) is 5.09. The van der Waals surface area contributed by atoms with Crippen LogP contribution < -0.4 is 0 Å². The SMILES string of the molecule is OC1CCC1CC1CC1(F)F. The molecule has 0 aromatic carbocycles. The molecule has 3 atom stereocenters. The molecule has 0 spiro atoms. The maximum atomic E-state index is 12.4. The van der Waals surface area contributed by atoms with Gasteiger partial charge in [0.15, 0.2) is 0 Å². The maximum Gasteiger partial charge on any atom is 0.251 e. The van der Waals surface area contributed by atoms with Gasteiger partial charge in [0.25, 0.3) is 5.92 Å². The highest BCUT2D eigenvalue weighted by molar-refractivity contribution is 4.98. The average Bonchev–Trinajstić information content (AvgIpc) is 2.51. The average molecular weight is 162 g/mol. The number of halogens is 2. The van der Waals surface area contributed by atoms with Gasteiger partial charge in [-0.1, -0.05) is 0 Å². The Morgan fingerprint density at radius 2 is 2.00 bits per heavy atom. The molecule has 1 N–H and O–H groups in total. The highest BCUT2D eigenvalue weighted by Crippen LogP contribution is 2.53. The van der Waals surface area contributed by atoms with Gasteiger partial charge in [-0.15, -0.1) is 0 Å². The maximum absolute atomic E-state index is 12.4. The van der Waals surface area contributed by atoms with Crippen LogP contribution in [0.15, 0.2) is 0 Å². The van der Waals surface area contributed by atoms with Gasteiger partial charge in [0, 0.05) is 12.3 Å². The van der Waals surface area contributed by atoms with Crippen molar-refractivity contribution in [2.45, 2.75) is 37.7 Å². The molecule has 0 bridgehead atoms. The lowest BCUT2D eigenvalue weighted by Crippen LogP contribution is -2.31. The molecule has 1 nitrogen and oxygen atoms in total. The van der Waals surface area contributed by atoms with Crippen molar-refractivity contribution in [3.05, 3.63) is 0 Å². The highest BCUT2D eigenvalue weighted by Gasteiger charge is 2.57. The van der Waals surface area contributed by atoms with Gasteiger partial charge in [-0.3, -0.25) is 0 Å². The van der Waals surface area contributed by atoms with Crippen LogP contribution in [-0.2, 0) is 0 Å². The fraction of sp³-hybridized carbons (Fsp3) is 1.00. The van der Waals surface area contributed by atoms with Crippen molar-refractivity contribution in [1.29, 1.82) is 0 Å². The van der Waals surface area contributed by atoms with E-state index in [-0.39, 0.29) is 18.4 Å². The molecule has 3 unspecified atom stereocenters. The van der Waals surface area contributed by atoms with Crippen LogP contribution in [0.3, 0.4) is 0 Å². The third-order valence-corrected chi connectivity index (χ3v) is 2.92. The van der Waals surface area contributed by atoms with Crippen LogP contribution in [0.25, 0.3) is 0 Å². The van der Waals surface area contributed by atoms with E-state index in [4.69, 9.17) is 5.11 Å². The fourth-order valence-electron chi connectivity index (χ4n) is 1.72. The van der Waals surface area contributed by atoms with Crippen LogP contribution >= 0.6 is 0 Å². The minimum atomic E-state index is -2.39. The van der Waals surface area contributed by atoms with Crippen molar-refractivity contribution < 1.29 is 13.9 Å². The van der Waals surface area contributed by atoms with Gasteiger partial charge in [-0.05, 0) is 25.2 Å². The van der Waals surface area contributed by atoms with E-state index < -0.39 is 11.8 Å². The van der Waals surface area contributed by atoms with Gasteiger partial charge < -0.3 is 5.11 Å². The van der Waals surface area contributed by atoms with Crippen LogP contribution in [-0.4, -0.2) is 17.1 Å². The predicted octanol–water partition coefficient (Wildman–Crippen LogP) is 1.80. The summed E-state index contributed by atoms with van der Waals surface area (Å²) in [5, 5.41) is 9.11. The zero-order valence-corrected chi connectivity index (χ0v) is 6.26. The first kappa shape index (κ1) is 7.47. The summed E-state index contributed by atoms with van der Waals surface area (Å²) in [6.45, 7) is 0. The quantitative estimate of drug-likeness (QED) is 0.656. The molecule has 0 aliphatic heterocycles. The Morgan fingerprint density at radius 3 is 2.27 bits per heavy atom. The number of hydrogen-bond donors (Lipinski definition) is 1. The van der Waals surface area contributed by atoms with Crippen molar-refractivity contribution in [3.8, 4) is 0 Å². The molecule has 2 rings (SSSR count). The smallest absolute Gasteiger partial charge is 0.251 e. The molecule has 0 saturated heterocycles. The summed E-state index contributed by atoms with van der Waals surface area (Å²) in [5.74, 6) is -2.63. The van der Waals surface area contributed by atoms with Crippen LogP contribution in [0, 0.1) is 11.8 Å². The Balaban J connectivity index is 1.76. The molecule has 3 heteroatoms. The predicted molar refractivity (Wildman–Crippen MR) is 36.4 cm³/mol. The second kappa shape index (κ2) is 2.16. The van der Waals surface area contributed by atoms with Gasteiger partial charge in [-0.2, -0.15) is 0 Å². The minimum Gasteiger partial charge on any atom is -0.393 e. The number of rotatable bonds is 2. The first-order valence-corrected chi connectivity index (χ1v) is 4.15. The van der Waals surface area contributed by atoms with E-state index in [1.165, 1.54) is 0 Å². The topological polar surface area (TPSA) is 20.2 Å². The summed E-state index contributed by atoms with van der Waals surface area (Å²) in [7, 11) is 0. The van der Waals surface area contributed by atoms with E-state index >= 15 is 0 Å². The van der Waals surface area contributed by atoms with Crippen molar-refractivity contribution in [1.82, 2.24) is 0 Å². The molecule has 2 aliphatic rings. The summed E-state index contributed by atoms with van der Waals surface area (Å²) in [6.07, 6.45) is 2.05. The molecule has 11 heavy (non-hydrogen) atoms. The molecular weight excluding hydrogens is 150 g/mol. The first-order valence-electron chi connectivity index (χ1n) is 4.15.